The first-order chi connectivity index (χ1) is 6.34. The lowest BCUT2D eigenvalue weighted by atomic mass is 10.5. The van der Waals surface area contributed by atoms with Crippen molar-refractivity contribution in [2.75, 3.05) is 5.32 Å². The SMILES string of the molecule is Cc1nnc(NCc2cnc[nH]2)s1. The minimum absolute atomic E-state index is 0.703. The molecule has 5 nitrogen and oxygen atoms in total. The van der Waals surface area contributed by atoms with Gasteiger partial charge in [0.2, 0.25) is 5.13 Å². The quantitative estimate of drug-likeness (QED) is 0.771. The second-order valence-corrected chi connectivity index (χ2v) is 3.74. The minimum atomic E-state index is 0.703. The van der Waals surface area contributed by atoms with Gasteiger partial charge in [-0.2, -0.15) is 0 Å². The van der Waals surface area contributed by atoms with Crippen LogP contribution in [0.5, 0.6) is 0 Å². The van der Waals surface area contributed by atoms with Crippen LogP contribution in [0.1, 0.15) is 10.7 Å². The van der Waals surface area contributed by atoms with Crippen molar-refractivity contribution in [1.82, 2.24) is 20.2 Å². The molecule has 0 aliphatic carbocycles. The van der Waals surface area contributed by atoms with E-state index in [0.29, 0.717) is 6.54 Å². The minimum Gasteiger partial charge on any atom is -0.354 e. The normalized spacial score (nSPS) is 10.2. The van der Waals surface area contributed by atoms with Crippen LogP contribution in [-0.2, 0) is 6.54 Å². The molecule has 13 heavy (non-hydrogen) atoms. The van der Waals surface area contributed by atoms with Crippen LogP contribution in [0.2, 0.25) is 0 Å². The van der Waals surface area contributed by atoms with Crippen molar-refractivity contribution in [2.24, 2.45) is 0 Å². The first-order valence-electron chi connectivity index (χ1n) is 3.86. The van der Waals surface area contributed by atoms with E-state index in [4.69, 9.17) is 0 Å². The molecule has 2 aromatic heterocycles. The Morgan fingerprint density at radius 2 is 2.46 bits per heavy atom. The zero-order chi connectivity index (χ0) is 9.10. The number of nitrogens with one attached hydrogen (secondary N) is 2. The Kier molecular flexibility index (Phi) is 2.22. The highest BCUT2D eigenvalue weighted by molar-refractivity contribution is 7.15. The molecule has 68 valence electrons. The molecule has 0 radical (unpaired) electrons. The highest BCUT2D eigenvalue weighted by Gasteiger charge is 1.99. The molecular weight excluding hydrogens is 186 g/mol. The molecule has 0 spiro atoms. The molecule has 0 saturated heterocycles. The highest BCUT2D eigenvalue weighted by Crippen LogP contribution is 2.13. The van der Waals surface area contributed by atoms with E-state index in [2.05, 4.69) is 25.5 Å². The number of aromatic amines is 1. The van der Waals surface area contributed by atoms with Crippen molar-refractivity contribution in [1.29, 1.82) is 0 Å². The summed E-state index contributed by atoms with van der Waals surface area (Å²) >= 11 is 1.54. The maximum absolute atomic E-state index is 3.94. The molecule has 0 unspecified atom stereocenters. The molecule has 2 aromatic rings. The van der Waals surface area contributed by atoms with E-state index in [0.717, 1.165) is 15.8 Å². The van der Waals surface area contributed by atoms with E-state index < -0.39 is 0 Å². The summed E-state index contributed by atoms with van der Waals surface area (Å²) in [5.74, 6) is 0. The van der Waals surface area contributed by atoms with Crippen molar-refractivity contribution >= 4 is 16.5 Å². The van der Waals surface area contributed by atoms with Crippen molar-refractivity contribution in [3.05, 3.63) is 23.2 Å². The van der Waals surface area contributed by atoms with Gasteiger partial charge in [0.1, 0.15) is 5.01 Å². The van der Waals surface area contributed by atoms with Gasteiger partial charge in [0, 0.05) is 6.20 Å². The average molecular weight is 195 g/mol. The van der Waals surface area contributed by atoms with Gasteiger partial charge >= 0.3 is 0 Å². The summed E-state index contributed by atoms with van der Waals surface area (Å²) in [4.78, 5) is 6.91. The maximum atomic E-state index is 3.94. The summed E-state index contributed by atoms with van der Waals surface area (Å²) in [6, 6.07) is 0. The van der Waals surface area contributed by atoms with Gasteiger partial charge in [-0.1, -0.05) is 11.3 Å². The lowest BCUT2D eigenvalue weighted by molar-refractivity contribution is 1.01. The number of hydrogen-bond donors (Lipinski definition) is 2. The number of hydrogen-bond acceptors (Lipinski definition) is 5. The monoisotopic (exact) mass is 195 g/mol. The third-order valence-electron chi connectivity index (χ3n) is 1.51. The van der Waals surface area contributed by atoms with Crippen molar-refractivity contribution in [2.45, 2.75) is 13.5 Å². The molecule has 0 aromatic carbocycles. The molecule has 0 fully saturated rings. The second kappa shape index (κ2) is 3.53. The molecule has 6 heteroatoms. The average Bonchev–Trinajstić information content (AvgIpc) is 2.71. The molecule has 0 aliphatic rings. The highest BCUT2D eigenvalue weighted by atomic mass is 32.1. The third kappa shape index (κ3) is 2.03. The van der Waals surface area contributed by atoms with E-state index in [1.165, 1.54) is 0 Å². The van der Waals surface area contributed by atoms with Gasteiger partial charge in [0.25, 0.3) is 0 Å². The molecule has 0 bridgehead atoms. The molecule has 0 aliphatic heterocycles. The van der Waals surface area contributed by atoms with Crippen LogP contribution in [0.3, 0.4) is 0 Å². The van der Waals surface area contributed by atoms with Gasteiger partial charge in [-0.25, -0.2) is 4.98 Å². The largest absolute Gasteiger partial charge is 0.354 e. The lowest BCUT2D eigenvalue weighted by Gasteiger charge is -1.96. The first kappa shape index (κ1) is 8.18. The van der Waals surface area contributed by atoms with Crippen LogP contribution in [-0.4, -0.2) is 20.2 Å². The first-order valence-corrected chi connectivity index (χ1v) is 4.67. The second-order valence-electron chi connectivity index (χ2n) is 2.56. The number of aryl methyl sites for hydroxylation is 1. The van der Waals surface area contributed by atoms with Crippen molar-refractivity contribution in [3.8, 4) is 0 Å². The van der Waals surface area contributed by atoms with Crippen LogP contribution in [0.25, 0.3) is 0 Å². The van der Waals surface area contributed by atoms with E-state index in [9.17, 15) is 0 Å². The van der Waals surface area contributed by atoms with E-state index in [1.807, 2.05) is 6.92 Å². The van der Waals surface area contributed by atoms with Crippen molar-refractivity contribution in [3.63, 3.8) is 0 Å². The predicted octanol–water partition coefficient (Wildman–Crippen LogP) is 1.18. The Balaban J connectivity index is 1.93. The zero-order valence-corrected chi connectivity index (χ0v) is 7.93. The van der Waals surface area contributed by atoms with E-state index >= 15 is 0 Å². The summed E-state index contributed by atoms with van der Waals surface area (Å²) in [6.45, 7) is 2.63. The summed E-state index contributed by atoms with van der Waals surface area (Å²) in [5.41, 5.74) is 1.04. The summed E-state index contributed by atoms with van der Waals surface area (Å²) in [7, 11) is 0. The standard InChI is InChI=1S/C7H9N5S/c1-5-11-12-7(13-5)9-3-6-2-8-4-10-6/h2,4H,3H2,1H3,(H,8,10)(H,9,12). The van der Waals surface area contributed by atoms with Crippen LogP contribution in [0, 0.1) is 6.92 Å². The van der Waals surface area contributed by atoms with Crippen LogP contribution in [0.4, 0.5) is 5.13 Å². The molecule has 2 rings (SSSR count). The number of anilines is 1. The van der Waals surface area contributed by atoms with Crippen LogP contribution in [0.15, 0.2) is 12.5 Å². The van der Waals surface area contributed by atoms with Gasteiger partial charge in [-0.15, -0.1) is 10.2 Å². The number of aromatic nitrogens is 4. The molecule has 0 saturated carbocycles. The van der Waals surface area contributed by atoms with Gasteiger partial charge in [-0.3, -0.25) is 0 Å². The van der Waals surface area contributed by atoms with Crippen LogP contribution < -0.4 is 5.32 Å². The van der Waals surface area contributed by atoms with Crippen LogP contribution >= 0.6 is 11.3 Å². The number of H-pyrrole nitrogens is 1. The number of imidazole rings is 1. The Morgan fingerprint density at radius 3 is 3.08 bits per heavy atom. The molecule has 2 N–H and O–H groups in total. The van der Waals surface area contributed by atoms with E-state index in [1.54, 1.807) is 23.9 Å². The molecular formula is C7H9N5S. The summed E-state index contributed by atoms with van der Waals surface area (Å²) < 4.78 is 0. The maximum Gasteiger partial charge on any atom is 0.205 e. The molecule has 0 atom stereocenters. The Morgan fingerprint density at radius 1 is 1.54 bits per heavy atom. The fraction of sp³-hybridized carbons (Fsp3) is 0.286. The predicted molar refractivity (Wildman–Crippen MR) is 50.6 cm³/mol. The van der Waals surface area contributed by atoms with Gasteiger partial charge in [0.15, 0.2) is 0 Å². The zero-order valence-electron chi connectivity index (χ0n) is 7.11. The van der Waals surface area contributed by atoms with Gasteiger partial charge < -0.3 is 10.3 Å². The van der Waals surface area contributed by atoms with Gasteiger partial charge in [-0.05, 0) is 6.92 Å². The molecule has 2 heterocycles. The third-order valence-corrected chi connectivity index (χ3v) is 2.31. The number of nitrogens with zero attached hydrogens (tertiary/aromatic N) is 3. The Bertz CT molecular complexity index is 366. The van der Waals surface area contributed by atoms with E-state index in [-0.39, 0.29) is 0 Å². The van der Waals surface area contributed by atoms with Gasteiger partial charge in [0.05, 0.1) is 18.6 Å². The topological polar surface area (TPSA) is 66.5 Å². The Hall–Kier alpha value is -1.43. The number of rotatable bonds is 3. The lowest BCUT2D eigenvalue weighted by Crippen LogP contribution is -1.98. The smallest absolute Gasteiger partial charge is 0.205 e. The molecule has 0 amide bonds. The van der Waals surface area contributed by atoms with Crippen molar-refractivity contribution < 1.29 is 0 Å². The fourth-order valence-electron chi connectivity index (χ4n) is 0.920. The summed E-state index contributed by atoms with van der Waals surface area (Å²) in [5, 5.41) is 12.8. The fourth-order valence-corrected chi connectivity index (χ4v) is 1.51. The Labute approximate surface area is 79.2 Å². The summed E-state index contributed by atoms with van der Waals surface area (Å²) in [6.07, 6.45) is 3.43.